The van der Waals surface area contributed by atoms with Gasteiger partial charge in [0, 0.05) is 34.7 Å². The topological polar surface area (TPSA) is 33.7 Å². The highest BCUT2D eigenvalue weighted by atomic mass is 35.5. The van der Waals surface area contributed by atoms with E-state index in [1.165, 1.54) is 19.4 Å². The number of halogens is 3. The molecule has 1 atom stereocenters. The number of hydrogen-bond donors (Lipinski definition) is 1. The van der Waals surface area contributed by atoms with Crippen molar-refractivity contribution in [2.75, 3.05) is 26.2 Å². The van der Waals surface area contributed by atoms with Crippen LogP contribution >= 0.6 is 34.8 Å². The number of nitrogens with one attached hydrogen (secondary N) is 1. The number of rotatable bonds is 10. The van der Waals surface area contributed by atoms with Crippen molar-refractivity contribution in [3.8, 4) is 11.5 Å². The van der Waals surface area contributed by atoms with Gasteiger partial charge in [0.25, 0.3) is 0 Å². The molecule has 1 fully saturated rings. The molecule has 0 bridgehead atoms. The van der Waals surface area contributed by atoms with Gasteiger partial charge in [0.05, 0.1) is 11.6 Å². The fourth-order valence-corrected chi connectivity index (χ4v) is 4.59. The molecule has 164 valence electrons. The minimum absolute atomic E-state index is 0.280. The van der Waals surface area contributed by atoms with E-state index >= 15 is 0 Å². The van der Waals surface area contributed by atoms with Gasteiger partial charge in [0.2, 0.25) is 0 Å². The smallest absolute Gasteiger partial charge is 0.180 e. The van der Waals surface area contributed by atoms with Crippen LogP contribution in [0.4, 0.5) is 0 Å². The molecule has 7 heteroatoms. The summed E-state index contributed by atoms with van der Waals surface area (Å²) in [7, 11) is 0. The van der Waals surface area contributed by atoms with Crippen LogP contribution in [0.15, 0.2) is 30.3 Å². The van der Waals surface area contributed by atoms with E-state index in [-0.39, 0.29) is 6.61 Å². The Hall–Kier alpha value is -1.17. The van der Waals surface area contributed by atoms with Gasteiger partial charge >= 0.3 is 0 Å². The Balaban J connectivity index is 1.65. The van der Waals surface area contributed by atoms with Crippen LogP contribution in [-0.4, -0.2) is 37.2 Å². The summed E-state index contributed by atoms with van der Waals surface area (Å²) in [6.45, 7) is 8.99. The summed E-state index contributed by atoms with van der Waals surface area (Å²) in [6.07, 6.45) is 2.54. The highest BCUT2D eigenvalue weighted by Gasteiger charge is 2.22. The van der Waals surface area contributed by atoms with Gasteiger partial charge in [-0.3, -0.25) is 4.90 Å². The monoisotopic (exact) mass is 470 g/mol. The normalized spacial score (nSPS) is 16.8. The van der Waals surface area contributed by atoms with Crippen LogP contribution in [0.2, 0.25) is 15.1 Å². The third-order valence-corrected chi connectivity index (χ3v) is 6.24. The van der Waals surface area contributed by atoms with Gasteiger partial charge in [-0.15, -0.1) is 0 Å². The molecule has 3 rings (SSSR count). The molecular weight excluding hydrogens is 443 g/mol. The van der Waals surface area contributed by atoms with Gasteiger partial charge < -0.3 is 14.8 Å². The van der Waals surface area contributed by atoms with Crippen molar-refractivity contribution in [2.24, 2.45) is 0 Å². The Bertz CT molecular complexity index is 847. The molecule has 0 spiro atoms. The van der Waals surface area contributed by atoms with E-state index in [2.05, 4.69) is 17.1 Å². The van der Waals surface area contributed by atoms with Crippen LogP contribution in [0.1, 0.15) is 37.8 Å². The zero-order valence-electron chi connectivity index (χ0n) is 17.5. The highest BCUT2D eigenvalue weighted by molar-refractivity contribution is 6.35. The number of nitrogens with zero attached hydrogens (tertiary/aromatic N) is 1. The number of benzene rings is 2. The van der Waals surface area contributed by atoms with Gasteiger partial charge in [-0.2, -0.15) is 0 Å². The van der Waals surface area contributed by atoms with E-state index in [4.69, 9.17) is 44.3 Å². The molecule has 1 heterocycles. The summed E-state index contributed by atoms with van der Waals surface area (Å²) in [5.41, 5.74) is 1.91. The van der Waals surface area contributed by atoms with Crippen LogP contribution < -0.4 is 14.8 Å². The van der Waals surface area contributed by atoms with Gasteiger partial charge in [-0.25, -0.2) is 0 Å². The molecule has 1 aliphatic rings. The minimum atomic E-state index is 0.280. The first-order chi connectivity index (χ1) is 14.5. The number of likely N-dealkylation sites (tertiary alicyclic amines) is 1. The molecule has 1 aliphatic heterocycles. The minimum Gasteiger partial charge on any atom is -0.490 e. The van der Waals surface area contributed by atoms with E-state index in [0.717, 1.165) is 30.8 Å². The lowest BCUT2D eigenvalue weighted by Gasteiger charge is -2.23. The lowest BCUT2D eigenvalue weighted by Crippen LogP contribution is -2.37. The number of ether oxygens (including phenoxy) is 2. The van der Waals surface area contributed by atoms with Crippen molar-refractivity contribution in [2.45, 2.75) is 45.9 Å². The Labute approximate surface area is 194 Å². The van der Waals surface area contributed by atoms with Crippen LogP contribution in [0, 0.1) is 0 Å². The van der Waals surface area contributed by atoms with Crippen LogP contribution in [0.25, 0.3) is 0 Å². The molecular formula is C23H29Cl3N2O2. The van der Waals surface area contributed by atoms with Crippen molar-refractivity contribution in [3.63, 3.8) is 0 Å². The Morgan fingerprint density at radius 3 is 2.63 bits per heavy atom. The average Bonchev–Trinajstić information content (AvgIpc) is 3.16. The third kappa shape index (κ3) is 6.18. The molecule has 0 aromatic heterocycles. The van der Waals surface area contributed by atoms with E-state index in [9.17, 15) is 0 Å². The fourth-order valence-electron chi connectivity index (χ4n) is 3.84. The SMILES string of the molecule is CCOc1cc(CNC[C@@H]2CCCN2CC)cc(Cl)c1OCc1ccc(Cl)cc1Cl. The fraction of sp³-hybridized carbons (Fsp3) is 0.478. The maximum absolute atomic E-state index is 6.56. The van der Waals surface area contributed by atoms with E-state index in [0.29, 0.717) is 39.2 Å². The number of likely N-dealkylation sites (N-methyl/N-ethyl adjacent to an activating group) is 1. The maximum atomic E-state index is 6.56. The second kappa shape index (κ2) is 11.4. The lowest BCUT2D eigenvalue weighted by molar-refractivity contribution is 0.259. The van der Waals surface area contributed by atoms with Crippen LogP contribution in [0.3, 0.4) is 0 Å². The number of hydrogen-bond acceptors (Lipinski definition) is 4. The molecule has 0 amide bonds. The molecule has 0 saturated carbocycles. The lowest BCUT2D eigenvalue weighted by atomic mass is 10.1. The molecule has 0 unspecified atom stereocenters. The zero-order chi connectivity index (χ0) is 21.5. The second-order valence-electron chi connectivity index (χ2n) is 7.42. The summed E-state index contributed by atoms with van der Waals surface area (Å²) in [5.74, 6) is 1.17. The Kier molecular flexibility index (Phi) is 8.97. The summed E-state index contributed by atoms with van der Waals surface area (Å²) >= 11 is 18.8. The predicted molar refractivity (Wildman–Crippen MR) is 125 cm³/mol. The first-order valence-corrected chi connectivity index (χ1v) is 11.6. The largest absolute Gasteiger partial charge is 0.490 e. The first-order valence-electron chi connectivity index (χ1n) is 10.5. The standard InChI is InChI=1S/C23H29Cl3N2O2/c1-3-28-9-5-6-19(28)14-27-13-16-10-21(26)23(22(11-16)29-4-2)30-15-17-7-8-18(24)12-20(17)25/h7-8,10-12,19,27H,3-6,9,13-15H2,1-2H3/t19-/m0/s1. The predicted octanol–water partition coefficient (Wildman–Crippen LogP) is 6.20. The van der Waals surface area contributed by atoms with E-state index in [1.54, 1.807) is 12.1 Å². The van der Waals surface area contributed by atoms with Gasteiger partial charge in [-0.05, 0) is 62.7 Å². The molecule has 2 aromatic rings. The Morgan fingerprint density at radius 2 is 1.90 bits per heavy atom. The van der Waals surface area contributed by atoms with Crippen LogP contribution in [0.5, 0.6) is 11.5 Å². The van der Waals surface area contributed by atoms with Crippen molar-refractivity contribution in [1.82, 2.24) is 10.2 Å². The molecule has 1 N–H and O–H groups in total. The zero-order valence-corrected chi connectivity index (χ0v) is 19.8. The first kappa shape index (κ1) is 23.5. The van der Waals surface area contributed by atoms with Gasteiger partial charge in [0.1, 0.15) is 6.61 Å². The van der Waals surface area contributed by atoms with E-state index in [1.807, 2.05) is 25.1 Å². The Morgan fingerprint density at radius 1 is 1.07 bits per heavy atom. The highest BCUT2D eigenvalue weighted by Crippen LogP contribution is 2.37. The van der Waals surface area contributed by atoms with Crippen molar-refractivity contribution in [1.29, 1.82) is 0 Å². The van der Waals surface area contributed by atoms with Crippen molar-refractivity contribution >= 4 is 34.8 Å². The summed E-state index contributed by atoms with van der Waals surface area (Å²) in [5, 5.41) is 5.25. The van der Waals surface area contributed by atoms with Crippen LogP contribution in [-0.2, 0) is 13.2 Å². The summed E-state index contributed by atoms with van der Waals surface area (Å²) < 4.78 is 11.8. The molecule has 30 heavy (non-hydrogen) atoms. The summed E-state index contributed by atoms with van der Waals surface area (Å²) in [6, 6.07) is 9.88. The van der Waals surface area contributed by atoms with Crippen molar-refractivity contribution in [3.05, 3.63) is 56.5 Å². The maximum Gasteiger partial charge on any atom is 0.180 e. The van der Waals surface area contributed by atoms with Gasteiger partial charge in [0.15, 0.2) is 11.5 Å². The quantitative estimate of drug-likeness (QED) is 0.447. The average molecular weight is 472 g/mol. The third-order valence-electron chi connectivity index (χ3n) is 5.37. The second-order valence-corrected chi connectivity index (χ2v) is 8.67. The molecule has 2 aromatic carbocycles. The molecule has 1 saturated heterocycles. The molecule has 0 aliphatic carbocycles. The summed E-state index contributed by atoms with van der Waals surface area (Å²) in [4.78, 5) is 2.53. The van der Waals surface area contributed by atoms with Gasteiger partial charge in [-0.1, -0.05) is 47.8 Å². The van der Waals surface area contributed by atoms with Crippen molar-refractivity contribution < 1.29 is 9.47 Å². The van der Waals surface area contributed by atoms with E-state index < -0.39 is 0 Å². The molecule has 4 nitrogen and oxygen atoms in total. The molecule has 0 radical (unpaired) electrons.